The van der Waals surface area contributed by atoms with E-state index in [0.29, 0.717) is 17.7 Å². The number of likely N-dealkylation sites (N-methyl/N-ethyl adjacent to an activating group) is 1. The number of phenols is 1. The second-order valence-electron chi connectivity index (χ2n) is 6.17. The van der Waals surface area contributed by atoms with Crippen LogP contribution in [0, 0.1) is 5.92 Å². The fourth-order valence-electron chi connectivity index (χ4n) is 2.56. The van der Waals surface area contributed by atoms with Gasteiger partial charge in [0.25, 0.3) is 0 Å². The van der Waals surface area contributed by atoms with Crippen molar-refractivity contribution in [3.63, 3.8) is 0 Å². The third-order valence-electron chi connectivity index (χ3n) is 3.79. The van der Waals surface area contributed by atoms with Gasteiger partial charge in [-0.05, 0) is 38.9 Å². The van der Waals surface area contributed by atoms with Crippen molar-refractivity contribution in [1.82, 2.24) is 10.2 Å². The third kappa shape index (κ3) is 5.14. The zero-order valence-electron chi connectivity index (χ0n) is 13.6. The molecule has 2 atom stereocenters. The van der Waals surface area contributed by atoms with Crippen molar-refractivity contribution in [1.29, 1.82) is 0 Å². The van der Waals surface area contributed by atoms with Gasteiger partial charge in [0.1, 0.15) is 5.75 Å². The first-order valence-electron chi connectivity index (χ1n) is 7.63. The molecule has 0 aliphatic heterocycles. The fraction of sp³-hybridized carbons (Fsp3) is 0.647. The van der Waals surface area contributed by atoms with E-state index in [-0.39, 0.29) is 6.04 Å². The molecule has 0 radical (unpaired) electrons. The number of phenolic OH excluding ortho intramolecular Hbond substituents is 1. The Morgan fingerprint density at radius 1 is 1.20 bits per heavy atom. The summed E-state index contributed by atoms with van der Waals surface area (Å²) in [6, 6.07) is 8.35. The quantitative estimate of drug-likeness (QED) is 0.765. The zero-order chi connectivity index (χ0) is 15.1. The van der Waals surface area contributed by atoms with Crippen LogP contribution in [0.4, 0.5) is 0 Å². The second-order valence-corrected chi connectivity index (χ2v) is 6.17. The molecule has 0 saturated carbocycles. The summed E-state index contributed by atoms with van der Waals surface area (Å²) in [6.07, 6.45) is 2.15. The van der Waals surface area contributed by atoms with E-state index in [9.17, 15) is 5.11 Å². The molecule has 3 heteroatoms. The summed E-state index contributed by atoms with van der Waals surface area (Å²) in [4.78, 5) is 2.28. The first-order valence-corrected chi connectivity index (χ1v) is 7.63. The number of rotatable bonds is 8. The Morgan fingerprint density at radius 3 is 2.35 bits per heavy atom. The fourth-order valence-corrected chi connectivity index (χ4v) is 2.56. The minimum Gasteiger partial charge on any atom is -0.508 e. The Hall–Kier alpha value is -1.06. The molecule has 2 N–H and O–H groups in total. The van der Waals surface area contributed by atoms with Gasteiger partial charge in [-0.3, -0.25) is 0 Å². The Kier molecular flexibility index (Phi) is 7.03. The highest BCUT2D eigenvalue weighted by molar-refractivity contribution is 5.34. The SMILES string of the molecule is CCC(NCC(CC(C)C)N(C)C)c1ccccc1O. The average molecular weight is 278 g/mol. The van der Waals surface area contributed by atoms with Crippen LogP contribution in [-0.4, -0.2) is 36.7 Å². The van der Waals surface area contributed by atoms with Gasteiger partial charge in [-0.25, -0.2) is 0 Å². The average Bonchev–Trinajstić information content (AvgIpc) is 2.39. The molecule has 114 valence electrons. The summed E-state index contributed by atoms with van der Waals surface area (Å²) in [5, 5.41) is 13.6. The van der Waals surface area contributed by atoms with Gasteiger partial charge in [-0.2, -0.15) is 0 Å². The first-order chi connectivity index (χ1) is 9.45. The van der Waals surface area contributed by atoms with E-state index in [1.54, 1.807) is 6.07 Å². The van der Waals surface area contributed by atoms with Crippen LogP contribution in [-0.2, 0) is 0 Å². The van der Waals surface area contributed by atoms with E-state index in [4.69, 9.17) is 0 Å². The molecule has 0 aliphatic rings. The maximum Gasteiger partial charge on any atom is 0.120 e. The van der Waals surface area contributed by atoms with E-state index < -0.39 is 0 Å². The van der Waals surface area contributed by atoms with Crippen LogP contribution in [0.1, 0.15) is 45.2 Å². The van der Waals surface area contributed by atoms with Crippen molar-refractivity contribution in [2.24, 2.45) is 5.92 Å². The van der Waals surface area contributed by atoms with Gasteiger partial charge >= 0.3 is 0 Å². The van der Waals surface area contributed by atoms with Crippen LogP contribution in [0.2, 0.25) is 0 Å². The van der Waals surface area contributed by atoms with Crippen molar-refractivity contribution in [3.8, 4) is 5.75 Å². The molecule has 0 spiro atoms. The zero-order valence-corrected chi connectivity index (χ0v) is 13.6. The van der Waals surface area contributed by atoms with Crippen LogP contribution in [0.5, 0.6) is 5.75 Å². The number of aromatic hydroxyl groups is 1. The molecule has 3 nitrogen and oxygen atoms in total. The standard InChI is InChI=1S/C17H30N2O/c1-6-16(15-9-7-8-10-17(15)20)18-12-14(19(4)5)11-13(2)3/h7-10,13-14,16,18,20H,6,11-12H2,1-5H3. The van der Waals surface area contributed by atoms with E-state index >= 15 is 0 Å². The number of hydrogen-bond acceptors (Lipinski definition) is 3. The highest BCUT2D eigenvalue weighted by Crippen LogP contribution is 2.25. The van der Waals surface area contributed by atoms with Crippen LogP contribution in [0.3, 0.4) is 0 Å². The minimum absolute atomic E-state index is 0.214. The van der Waals surface area contributed by atoms with Crippen LogP contribution in [0.25, 0.3) is 0 Å². The molecule has 0 heterocycles. The molecule has 0 bridgehead atoms. The van der Waals surface area contributed by atoms with Gasteiger partial charge < -0.3 is 15.3 Å². The lowest BCUT2D eigenvalue weighted by Crippen LogP contribution is -2.40. The predicted molar refractivity (Wildman–Crippen MR) is 86.1 cm³/mol. The number of nitrogens with zero attached hydrogens (tertiary/aromatic N) is 1. The summed E-state index contributed by atoms with van der Waals surface area (Å²) in [6.45, 7) is 7.61. The topological polar surface area (TPSA) is 35.5 Å². The molecule has 20 heavy (non-hydrogen) atoms. The molecular weight excluding hydrogens is 248 g/mol. The number of nitrogens with one attached hydrogen (secondary N) is 1. The van der Waals surface area contributed by atoms with Gasteiger partial charge in [-0.15, -0.1) is 0 Å². The smallest absolute Gasteiger partial charge is 0.120 e. The summed E-state index contributed by atoms with van der Waals surface area (Å²) < 4.78 is 0. The van der Waals surface area contributed by atoms with Gasteiger partial charge in [0.15, 0.2) is 0 Å². The summed E-state index contributed by atoms with van der Waals surface area (Å²) in [7, 11) is 4.27. The van der Waals surface area contributed by atoms with Crippen molar-refractivity contribution in [2.75, 3.05) is 20.6 Å². The summed E-state index contributed by atoms with van der Waals surface area (Å²) >= 11 is 0. The van der Waals surface area contributed by atoms with Gasteiger partial charge in [-0.1, -0.05) is 39.0 Å². The second kappa shape index (κ2) is 8.28. The number of para-hydroxylation sites is 1. The van der Waals surface area contributed by atoms with Crippen LogP contribution >= 0.6 is 0 Å². The largest absolute Gasteiger partial charge is 0.508 e. The molecule has 1 rings (SSSR count). The van der Waals surface area contributed by atoms with Gasteiger partial charge in [0, 0.05) is 24.2 Å². The first kappa shape index (κ1) is 17.0. The lowest BCUT2D eigenvalue weighted by atomic mass is 10.0. The maximum absolute atomic E-state index is 9.98. The van der Waals surface area contributed by atoms with Crippen molar-refractivity contribution >= 4 is 0 Å². The van der Waals surface area contributed by atoms with E-state index in [1.165, 1.54) is 6.42 Å². The molecule has 1 aromatic rings. The van der Waals surface area contributed by atoms with E-state index in [2.05, 4.69) is 45.1 Å². The normalized spacial score (nSPS) is 14.8. The lowest BCUT2D eigenvalue weighted by molar-refractivity contribution is 0.239. The molecule has 0 aliphatic carbocycles. The lowest BCUT2D eigenvalue weighted by Gasteiger charge is -2.29. The Balaban J connectivity index is 2.67. The molecule has 2 unspecified atom stereocenters. The molecule has 0 aromatic heterocycles. The van der Waals surface area contributed by atoms with Crippen molar-refractivity contribution in [3.05, 3.63) is 29.8 Å². The number of hydrogen-bond donors (Lipinski definition) is 2. The summed E-state index contributed by atoms with van der Waals surface area (Å²) in [5.41, 5.74) is 0.997. The molecule has 0 saturated heterocycles. The van der Waals surface area contributed by atoms with E-state index in [0.717, 1.165) is 18.5 Å². The minimum atomic E-state index is 0.214. The molecular formula is C17H30N2O. The Morgan fingerprint density at radius 2 is 1.85 bits per heavy atom. The van der Waals surface area contributed by atoms with Crippen molar-refractivity contribution < 1.29 is 5.11 Å². The van der Waals surface area contributed by atoms with E-state index in [1.807, 2.05) is 18.2 Å². The Bertz CT molecular complexity index is 390. The Labute approximate surface area is 124 Å². The number of benzene rings is 1. The van der Waals surface area contributed by atoms with Crippen molar-refractivity contribution in [2.45, 2.75) is 45.7 Å². The van der Waals surface area contributed by atoms with Gasteiger partial charge in [0.2, 0.25) is 0 Å². The molecule has 0 fully saturated rings. The van der Waals surface area contributed by atoms with Gasteiger partial charge in [0.05, 0.1) is 0 Å². The summed E-state index contributed by atoms with van der Waals surface area (Å²) in [5.74, 6) is 1.08. The highest BCUT2D eigenvalue weighted by Gasteiger charge is 2.17. The molecule has 0 amide bonds. The predicted octanol–water partition coefficient (Wildman–Crippen LogP) is 3.41. The monoisotopic (exact) mass is 278 g/mol. The maximum atomic E-state index is 9.98. The third-order valence-corrected chi connectivity index (χ3v) is 3.79. The highest BCUT2D eigenvalue weighted by atomic mass is 16.3. The van der Waals surface area contributed by atoms with Crippen LogP contribution in [0.15, 0.2) is 24.3 Å². The van der Waals surface area contributed by atoms with Crippen LogP contribution < -0.4 is 5.32 Å². The molecule has 1 aromatic carbocycles.